The molecule has 3 heterocycles. The van der Waals surface area contributed by atoms with Gasteiger partial charge in [-0.25, -0.2) is 9.67 Å². The number of fused-ring (bicyclic) bond motifs is 1. The van der Waals surface area contributed by atoms with Gasteiger partial charge in [0.15, 0.2) is 5.65 Å². The van der Waals surface area contributed by atoms with E-state index in [1.807, 2.05) is 43.3 Å². The first kappa shape index (κ1) is 24.4. The highest BCUT2D eigenvalue weighted by Gasteiger charge is 2.39. The summed E-state index contributed by atoms with van der Waals surface area (Å²) in [7, 11) is 4.04. The van der Waals surface area contributed by atoms with Crippen molar-refractivity contribution in [2.45, 2.75) is 37.8 Å². The molecule has 1 saturated carbocycles. The minimum atomic E-state index is -1.05. The Bertz CT molecular complexity index is 1530. The molecule has 0 spiro atoms. The Morgan fingerprint density at radius 3 is 2.26 bits per heavy atom. The third-order valence-electron chi connectivity index (χ3n) is 7.78. The van der Waals surface area contributed by atoms with Crippen molar-refractivity contribution in [3.63, 3.8) is 0 Å². The van der Waals surface area contributed by atoms with Crippen LogP contribution in [-0.4, -0.2) is 68.0 Å². The Balaban J connectivity index is 1.19. The van der Waals surface area contributed by atoms with Crippen LogP contribution in [-0.2, 0) is 11.3 Å². The van der Waals surface area contributed by atoms with Crippen molar-refractivity contribution < 1.29 is 9.90 Å². The Morgan fingerprint density at radius 2 is 1.66 bits per heavy atom. The van der Waals surface area contributed by atoms with E-state index in [4.69, 9.17) is 0 Å². The third kappa shape index (κ3) is 4.58. The van der Waals surface area contributed by atoms with Gasteiger partial charge in [-0.2, -0.15) is 5.10 Å². The number of hydrogen-bond acceptors (Lipinski definition) is 6. The lowest BCUT2D eigenvalue weighted by Gasteiger charge is -2.38. The van der Waals surface area contributed by atoms with Gasteiger partial charge in [-0.1, -0.05) is 24.3 Å². The average molecular weight is 513 g/mol. The second kappa shape index (κ2) is 9.40. The maximum atomic E-state index is 13.3. The molecular formula is C29H32N6O3. The largest absolute Gasteiger partial charge is 0.388 e. The molecule has 0 radical (unpaired) electrons. The van der Waals surface area contributed by atoms with Crippen molar-refractivity contribution in [1.82, 2.24) is 24.2 Å². The van der Waals surface area contributed by atoms with Crippen molar-refractivity contribution in [2.24, 2.45) is 5.92 Å². The summed E-state index contributed by atoms with van der Waals surface area (Å²) >= 11 is 0. The van der Waals surface area contributed by atoms with E-state index in [2.05, 4.69) is 39.2 Å². The molecule has 1 amide bonds. The maximum Gasteiger partial charge on any atom is 0.264 e. The number of aromatic nitrogens is 4. The smallest absolute Gasteiger partial charge is 0.264 e. The lowest BCUT2D eigenvalue weighted by molar-refractivity contribution is -0.137. The fourth-order valence-corrected chi connectivity index (χ4v) is 5.20. The maximum absolute atomic E-state index is 13.3. The van der Waals surface area contributed by atoms with Crippen LogP contribution >= 0.6 is 0 Å². The van der Waals surface area contributed by atoms with Gasteiger partial charge in [0.1, 0.15) is 11.7 Å². The van der Waals surface area contributed by atoms with Gasteiger partial charge in [-0.15, -0.1) is 0 Å². The molecular weight excluding hydrogens is 480 g/mol. The van der Waals surface area contributed by atoms with Crippen molar-refractivity contribution >= 4 is 22.6 Å². The summed E-state index contributed by atoms with van der Waals surface area (Å²) in [6.07, 6.45) is 5.87. The molecule has 4 aromatic rings. The van der Waals surface area contributed by atoms with Crippen molar-refractivity contribution in [3.8, 4) is 16.8 Å². The molecule has 196 valence electrons. The zero-order valence-corrected chi connectivity index (χ0v) is 21.7. The summed E-state index contributed by atoms with van der Waals surface area (Å²) in [5, 5.41) is 16.0. The van der Waals surface area contributed by atoms with Crippen LogP contribution in [0.1, 0.15) is 25.7 Å². The van der Waals surface area contributed by atoms with Crippen LogP contribution in [0.4, 0.5) is 5.69 Å². The first-order valence-corrected chi connectivity index (χ1v) is 13.1. The van der Waals surface area contributed by atoms with Crippen LogP contribution in [0.2, 0.25) is 0 Å². The van der Waals surface area contributed by atoms with Gasteiger partial charge < -0.3 is 14.9 Å². The SMILES string of the molecule is CN(C)c1ccc(-c2ccc(-n3ncc4c(=O)n(CC5(O)CCN(C(=O)C6CC6)CC5)cnc43)cc2)cc1. The van der Waals surface area contributed by atoms with Crippen LogP contribution in [0.25, 0.3) is 27.8 Å². The number of anilines is 1. The van der Waals surface area contributed by atoms with Gasteiger partial charge in [0.2, 0.25) is 5.91 Å². The van der Waals surface area contributed by atoms with E-state index in [0.717, 1.165) is 35.3 Å². The fraction of sp³-hybridized carbons (Fsp3) is 0.379. The van der Waals surface area contributed by atoms with Gasteiger partial charge >= 0.3 is 0 Å². The van der Waals surface area contributed by atoms with E-state index >= 15 is 0 Å². The number of likely N-dealkylation sites (tertiary alicyclic amines) is 1. The van der Waals surface area contributed by atoms with Gasteiger partial charge in [0.05, 0.1) is 24.0 Å². The summed E-state index contributed by atoms with van der Waals surface area (Å²) < 4.78 is 3.13. The molecule has 38 heavy (non-hydrogen) atoms. The predicted octanol–water partition coefficient (Wildman–Crippen LogP) is 3.08. The summed E-state index contributed by atoms with van der Waals surface area (Å²) in [6.45, 7) is 1.18. The molecule has 9 heteroatoms. The summed E-state index contributed by atoms with van der Waals surface area (Å²) in [5.41, 5.74) is 3.36. The minimum Gasteiger partial charge on any atom is -0.388 e. The standard InChI is InChI=1S/C29H32N6O3/c1-32(2)23-9-5-20(6-10-23)21-7-11-24(12-8-21)35-26-25(17-31-35)28(37)34(19-30-26)18-29(38)13-15-33(16-14-29)27(36)22-3-4-22/h5-12,17,19,22,38H,3-4,13-16,18H2,1-2H3. The quantitative estimate of drug-likeness (QED) is 0.427. The van der Waals surface area contributed by atoms with Crippen molar-refractivity contribution in [1.29, 1.82) is 0 Å². The highest BCUT2D eigenvalue weighted by atomic mass is 16.3. The molecule has 2 aliphatic rings. The molecule has 1 aliphatic heterocycles. The monoisotopic (exact) mass is 512 g/mol. The first-order chi connectivity index (χ1) is 18.3. The average Bonchev–Trinajstić information content (AvgIpc) is 3.69. The number of rotatable bonds is 6. The van der Waals surface area contributed by atoms with Crippen molar-refractivity contribution in [2.75, 3.05) is 32.1 Å². The van der Waals surface area contributed by atoms with Crippen LogP contribution in [0.3, 0.4) is 0 Å². The number of aliphatic hydroxyl groups is 1. The van der Waals surface area contributed by atoms with Crippen LogP contribution in [0, 0.1) is 5.92 Å². The zero-order valence-electron chi connectivity index (χ0n) is 21.7. The second-order valence-corrected chi connectivity index (χ2v) is 10.8. The van der Waals surface area contributed by atoms with Crippen LogP contribution in [0.15, 0.2) is 65.8 Å². The van der Waals surface area contributed by atoms with Crippen molar-refractivity contribution in [3.05, 3.63) is 71.4 Å². The molecule has 6 rings (SSSR count). The number of benzene rings is 2. The van der Waals surface area contributed by atoms with E-state index in [0.29, 0.717) is 37.0 Å². The topological polar surface area (TPSA) is 96.5 Å². The lowest BCUT2D eigenvalue weighted by Crippen LogP contribution is -2.50. The molecule has 2 aromatic carbocycles. The molecule has 1 N–H and O–H groups in total. The Labute approximate surface area is 220 Å². The zero-order chi connectivity index (χ0) is 26.4. The molecule has 1 saturated heterocycles. The van der Waals surface area contributed by atoms with E-state index in [9.17, 15) is 14.7 Å². The molecule has 0 unspecified atom stereocenters. The molecule has 2 fully saturated rings. The first-order valence-electron chi connectivity index (χ1n) is 13.1. The van der Waals surface area contributed by atoms with Gasteiger partial charge in [0.25, 0.3) is 5.56 Å². The minimum absolute atomic E-state index is 0.146. The van der Waals surface area contributed by atoms with E-state index in [1.165, 1.54) is 17.1 Å². The number of nitrogens with zero attached hydrogens (tertiary/aromatic N) is 6. The molecule has 1 aliphatic carbocycles. The molecule has 0 bridgehead atoms. The van der Waals surface area contributed by atoms with Crippen LogP contribution in [0.5, 0.6) is 0 Å². The Kier molecular flexibility index (Phi) is 6.03. The normalized spacial score (nSPS) is 17.1. The second-order valence-electron chi connectivity index (χ2n) is 10.8. The third-order valence-corrected chi connectivity index (χ3v) is 7.78. The predicted molar refractivity (Wildman–Crippen MR) is 146 cm³/mol. The highest BCUT2D eigenvalue weighted by Crippen LogP contribution is 2.33. The summed E-state index contributed by atoms with van der Waals surface area (Å²) in [4.78, 5) is 34.1. The number of carbonyl (C=O) groups is 1. The Hall–Kier alpha value is -3.98. The highest BCUT2D eigenvalue weighted by molar-refractivity contribution is 5.81. The van der Waals surface area contributed by atoms with Crippen LogP contribution < -0.4 is 10.5 Å². The number of amides is 1. The van der Waals surface area contributed by atoms with Gasteiger partial charge in [-0.3, -0.25) is 14.2 Å². The van der Waals surface area contributed by atoms with Gasteiger partial charge in [0, 0.05) is 38.8 Å². The molecule has 9 nitrogen and oxygen atoms in total. The number of hydrogen-bond donors (Lipinski definition) is 1. The summed E-state index contributed by atoms with van der Waals surface area (Å²) in [5.74, 6) is 0.382. The van der Waals surface area contributed by atoms with E-state index < -0.39 is 5.60 Å². The van der Waals surface area contributed by atoms with E-state index in [-0.39, 0.29) is 23.9 Å². The molecule has 0 atom stereocenters. The Morgan fingerprint density at radius 1 is 1.03 bits per heavy atom. The number of carbonyl (C=O) groups excluding carboxylic acids is 1. The number of piperidine rings is 1. The van der Waals surface area contributed by atoms with E-state index in [1.54, 1.807) is 4.68 Å². The van der Waals surface area contributed by atoms with Gasteiger partial charge in [-0.05, 0) is 61.1 Å². The molecule has 2 aromatic heterocycles. The fourth-order valence-electron chi connectivity index (χ4n) is 5.20. The lowest BCUT2D eigenvalue weighted by atomic mass is 9.91. The summed E-state index contributed by atoms with van der Waals surface area (Å²) in [6, 6.07) is 16.4.